The van der Waals surface area contributed by atoms with E-state index in [9.17, 15) is 4.79 Å². The lowest BCUT2D eigenvalue weighted by Gasteiger charge is -2.09. The monoisotopic (exact) mass is 321 g/mol. The van der Waals surface area contributed by atoms with Gasteiger partial charge >= 0.3 is 0 Å². The van der Waals surface area contributed by atoms with Crippen molar-refractivity contribution in [3.05, 3.63) is 47.9 Å². The Morgan fingerprint density at radius 1 is 1.38 bits per heavy atom. The number of benzene rings is 1. The number of fused-ring (bicyclic) bond motifs is 1. The van der Waals surface area contributed by atoms with Crippen LogP contribution < -0.4 is 11.1 Å². The topological polar surface area (TPSA) is 85.3 Å². The van der Waals surface area contributed by atoms with Gasteiger partial charge in [0, 0.05) is 30.1 Å². The molecule has 1 fully saturated rings. The van der Waals surface area contributed by atoms with E-state index in [2.05, 4.69) is 21.4 Å². The fraction of sp³-hybridized carbons (Fsp3) is 0.278. The van der Waals surface area contributed by atoms with Crippen LogP contribution in [0.15, 0.2) is 36.8 Å². The smallest absolute Gasteiger partial charge is 0.248 e. The highest BCUT2D eigenvalue weighted by Crippen LogP contribution is 2.43. The van der Waals surface area contributed by atoms with Gasteiger partial charge < -0.3 is 11.1 Å². The first kappa shape index (κ1) is 14.7. The summed E-state index contributed by atoms with van der Waals surface area (Å²) < 4.78 is 2.01. The first-order valence-electron chi connectivity index (χ1n) is 8.19. The summed E-state index contributed by atoms with van der Waals surface area (Å²) in [4.78, 5) is 20.5. The lowest BCUT2D eigenvalue weighted by atomic mass is 9.98. The summed E-state index contributed by atoms with van der Waals surface area (Å²) >= 11 is 0. The van der Waals surface area contributed by atoms with Crippen LogP contribution in [0, 0.1) is 0 Å². The molecule has 6 heteroatoms. The van der Waals surface area contributed by atoms with Crippen molar-refractivity contribution in [3.63, 3.8) is 0 Å². The molecule has 2 aromatic heterocycles. The van der Waals surface area contributed by atoms with Crippen molar-refractivity contribution >= 4 is 17.4 Å². The highest BCUT2D eigenvalue weighted by atomic mass is 16.1. The van der Waals surface area contributed by atoms with Gasteiger partial charge in [-0.2, -0.15) is 0 Å². The number of carbonyl (C=O) groups excluding carboxylic acids is 1. The van der Waals surface area contributed by atoms with E-state index in [0.29, 0.717) is 11.5 Å². The molecule has 1 aliphatic rings. The van der Waals surface area contributed by atoms with Gasteiger partial charge in [-0.25, -0.2) is 9.97 Å². The summed E-state index contributed by atoms with van der Waals surface area (Å²) in [5, 5.41) is 3.22. The van der Waals surface area contributed by atoms with Gasteiger partial charge in [0.2, 0.25) is 5.91 Å². The molecule has 1 aromatic carbocycles. The van der Waals surface area contributed by atoms with Gasteiger partial charge in [0.15, 0.2) is 11.5 Å². The normalized spacial score (nSPS) is 14.0. The predicted octanol–water partition coefficient (Wildman–Crippen LogP) is 2.80. The first-order chi connectivity index (χ1) is 11.7. The van der Waals surface area contributed by atoms with E-state index in [1.807, 2.05) is 35.9 Å². The predicted molar refractivity (Wildman–Crippen MR) is 93.1 cm³/mol. The van der Waals surface area contributed by atoms with Crippen molar-refractivity contribution < 1.29 is 4.79 Å². The summed E-state index contributed by atoms with van der Waals surface area (Å²) in [6.45, 7) is 2.81. The standard InChI is InChI=1S/C18H19N5O/c1-2-20-17-18-22-10-15(23(18)8-7-21-17)12-5-6-13(16(19)24)14(9-12)11-3-4-11/h5-11H,2-4H2,1H3,(H2,19,24)(H,20,21). The molecule has 0 atom stereocenters. The second kappa shape index (κ2) is 5.63. The number of nitrogens with one attached hydrogen (secondary N) is 1. The average Bonchev–Trinajstić information content (AvgIpc) is 3.34. The zero-order valence-electron chi connectivity index (χ0n) is 13.5. The molecule has 3 N–H and O–H groups in total. The van der Waals surface area contributed by atoms with Gasteiger partial charge in [-0.05, 0) is 43.4 Å². The molecule has 0 radical (unpaired) electrons. The number of nitrogens with zero attached hydrogens (tertiary/aromatic N) is 3. The van der Waals surface area contributed by atoms with Crippen LogP contribution in [0.5, 0.6) is 0 Å². The number of rotatable bonds is 5. The second-order valence-electron chi connectivity index (χ2n) is 6.08. The minimum Gasteiger partial charge on any atom is -0.367 e. The Bertz CT molecular complexity index is 926. The molecule has 1 saturated carbocycles. The van der Waals surface area contributed by atoms with Crippen molar-refractivity contribution in [1.82, 2.24) is 14.4 Å². The van der Waals surface area contributed by atoms with Crippen molar-refractivity contribution in [1.29, 1.82) is 0 Å². The number of amides is 1. The van der Waals surface area contributed by atoms with Crippen molar-refractivity contribution in [2.45, 2.75) is 25.7 Å². The molecular weight excluding hydrogens is 302 g/mol. The molecular formula is C18H19N5O. The minimum absolute atomic E-state index is 0.361. The maximum Gasteiger partial charge on any atom is 0.248 e. The van der Waals surface area contributed by atoms with Gasteiger partial charge in [-0.1, -0.05) is 6.07 Å². The minimum atomic E-state index is -0.361. The summed E-state index contributed by atoms with van der Waals surface area (Å²) in [5.74, 6) is 0.855. The van der Waals surface area contributed by atoms with Gasteiger partial charge in [-0.3, -0.25) is 9.20 Å². The number of aromatic nitrogens is 3. The van der Waals surface area contributed by atoms with Gasteiger partial charge in [0.1, 0.15) is 0 Å². The summed E-state index contributed by atoms with van der Waals surface area (Å²) in [6.07, 6.45) is 7.73. The number of hydrogen-bond donors (Lipinski definition) is 2. The van der Waals surface area contributed by atoms with Crippen LogP contribution in [-0.2, 0) is 0 Å². The Kier molecular flexibility index (Phi) is 3.45. The number of imidazole rings is 1. The van der Waals surface area contributed by atoms with Crippen molar-refractivity contribution in [3.8, 4) is 11.3 Å². The van der Waals surface area contributed by atoms with Crippen LogP contribution in [0.3, 0.4) is 0 Å². The van der Waals surface area contributed by atoms with Crippen LogP contribution >= 0.6 is 0 Å². The number of nitrogens with two attached hydrogens (primary N) is 1. The molecule has 1 amide bonds. The SMILES string of the molecule is CCNc1nccn2c(-c3ccc(C(N)=O)c(C4CC4)c3)cnc12. The highest BCUT2D eigenvalue weighted by Gasteiger charge is 2.28. The van der Waals surface area contributed by atoms with E-state index < -0.39 is 0 Å². The van der Waals surface area contributed by atoms with E-state index in [4.69, 9.17) is 5.73 Å². The molecule has 2 heterocycles. The van der Waals surface area contributed by atoms with Crippen LogP contribution in [0.25, 0.3) is 16.9 Å². The molecule has 0 aliphatic heterocycles. The zero-order chi connectivity index (χ0) is 16.7. The van der Waals surface area contributed by atoms with Gasteiger partial charge in [-0.15, -0.1) is 0 Å². The molecule has 3 aromatic rings. The maximum atomic E-state index is 11.7. The van der Waals surface area contributed by atoms with Crippen molar-refractivity contribution in [2.24, 2.45) is 5.73 Å². The van der Waals surface area contributed by atoms with E-state index in [1.54, 1.807) is 6.20 Å². The first-order valence-corrected chi connectivity index (χ1v) is 8.19. The third-order valence-corrected chi connectivity index (χ3v) is 4.40. The summed E-state index contributed by atoms with van der Waals surface area (Å²) in [6, 6.07) is 5.84. The molecule has 0 spiro atoms. The van der Waals surface area contributed by atoms with Gasteiger partial charge in [0.25, 0.3) is 0 Å². The number of primary amides is 1. The fourth-order valence-corrected chi connectivity index (χ4v) is 3.10. The summed E-state index contributed by atoms with van der Waals surface area (Å²) in [5.41, 5.74) is 10.0. The van der Waals surface area contributed by atoms with E-state index in [1.165, 1.54) is 0 Å². The highest BCUT2D eigenvalue weighted by molar-refractivity contribution is 5.95. The third kappa shape index (κ3) is 2.40. The molecule has 24 heavy (non-hydrogen) atoms. The van der Waals surface area contributed by atoms with Crippen LogP contribution in [0.4, 0.5) is 5.82 Å². The Labute approximate surface area is 139 Å². The Morgan fingerprint density at radius 2 is 2.21 bits per heavy atom. The lowest BCUT2D eigenvalue weighted by molar-refractivity contribution is 0.0999. The number of carbonyl (C=O) groups is 1. The second-order valence-corrected chi connectivity index (χ2v) is 6.08. The fourth-order valence-electron chi connectivity index (χ4n) is 3.10. The largest absolute Gasteiger partial charge is 0.367 e. The molecule has 6 nitrogen and oxygen atoms in total. The molecule has 0 unspecified atom stereocenters. The molecule has 1 aliphatic carbocycles. The van der Waals surface area contributed by atoms with E-state index in [-0.39, 0.29) is 5.91 Å². The molecule has 4 rings (SSSR count). The van der Waals surface area contributed by atoms with Crippen LogP contribution in [0.2, 0.25) is 0 Å². The van der Waals surface area contributed by atoms with Crippen LogP contribution in [-0.4, -0.2) is 26.8 Å². The quantitative estimate of drug-likeness (QED) is 0.756. The van der Waals surface area contributed by atoms with Gasteiger partial charge in [0.05, 0.1) is 11.9 Å². The van der Waals surface area contributed by atoms with Crippen molar-refractivity contribution in [2.75, 3.05) is 11.9 Å². The Balaban J connectivity index is 1.84. The van der Waals surface area contributed by atoms with Crippen LogP contribution in [0.1, 0.15) is 41.6 Å². The number of anilines is 1. The van der Waals surface area contributed by atoms with E-state index in [0.717, 1.165) is 47.7 Å². The Morgan fingerprint density at radius 3 is 2.92 bits per heavy atom. The molecule has 122 valence electrons. The average molecular weight is 321 g/mol. The zero-order valence-corrected chi connectivity index (χ0v) is 13.5. The maximum absolute atomic E-state index is 11.7. The summed E-state index contributed by atoms with van der Waals surface area (Å²) in [7, 11) is 0. The Hall–Kier alpha value is -2.89. The third-order valence-electron chi connectivity index (χ3n) is 4.40. The molecule has 0 bridgehead atoms. The number of hydrogen-bond acceptors (Lipinski definition) is 4. The molecule has 0 saturated heterocycles. The van der Waals surface area contributed by atoms with E-state index >= 15 is 0 Å². The lowest BCUT2D eigenvalue weighted by Crippen LogP contribution is -2.13.